The minimum atomic E-state index is 0.169. The van der Waals surface area contributed by atoms with Gasteiger partial charge in [0.15, 0.2) is 11.3 Å². The Kier molecular flexibility index (Phi) is 3.29. The molecule has 7 heteroatoms. The molecule has 0 amide bonds. The molecule has 0 aliphatic heterocycles. The number of azo groups is 1. The summed E-state index contributed by atoms with van der Waals surface area (Å²) in [6.45, 7) is 0. The van der Waals surface area contributed by atoms with Gasteiger partial charge in [0.25, 0.3) is 0 Å². The van der Waals surface area contributed by atoms with Gasteiger partial charge in [-0.15, -0.1) is 5.11 Å². The molecule has 0 unspecified atom stereocenters. The van der Waals surface area contributed by atoms with Crippen molar-refractivity contribution in [3.05, 3.63) is 60.2 Å². The van der Waals surface area contributed by atoms with Gasteiger partial charge in [-0.3, -0.25) is 4.40 Å². The van der Waals surface area contributed by atoms with Crippen molar-refractivity contribution in [2.24, 2.45) is 10.2 Å². The number of nitrogen functional groups attached to an aromatic ring is 2. The molecule has 2 aromatic carbocycles. The number of nitrogens with zero attached hydrogens (tertiary/aromatic N) is 5. The van der Waals surface area contributed by atoms with Crippen molar-refractivity contribution in [1.82, 2.24) is 9.38 Å². The van der Waals surface area contributed by atoms with Crippen LogP contribution in [0.25, 0.3) is 16.7 Å². The molecule has 120 valence electrons. The van der Waals surface area contributed by atoms with E-state index < -0.39 is 0 Å². The number of rotatable bonds is 2. The largest absolute Gasteiger partial charge is 0.396 e. The van der Waals surface area contributed by atoms with E-state index in [0.29, 0.717) is 17.2 Å². The van der Waals surface area contributed by atoms with Crippen LogP contribution in [0, 0.1) is 11.3 Å². The first-order valence-electron chi connectivity index (χ1n) is 7.55. The zero-order valence-electron chi connectivity index (χ0n) is 13.1. The molecular weight excluding hydrogens is 314 g/mol. The van der Waals surface area contributed by atoms with Crippen LogP contribution in [0.5, 0.6) is 0 Å². The molecule has 2 heterocycles. The number of pyridine rings is 1. The Morgan fingerprint density at radius 1 is 0.960 bits per heavy atom. The Hall–Kier alpha value is -3.92. The molecule has 0 spiro atoms. The Morgan fingerprint density at radius 2 is 1.68 bits per heavy atom. The Labute approximate surface area is 142 Å². The third kappa shape index (κ3) is 2.24. The highest BCUT2D eigenvalue weighted by Gasteiger charge is 2.19. The van der Waals surface area contributed by atoms with Gasteiger partial charge in [-0.05, 0) is 24.3 Å². The molecule has 25 heavy (non-hydrogen) atoms. The number of nitrogens with two attached hydrogens (primary N) is 2. The van der Waals surface area contributed by atoms with Gasteiger partial charge in [-0.2, -0.15) is 10.4 Å². The molecule has 4 N–H and O–H groups in total. The average molecular weight is 327 g/mol. The molecule has 0 aliphatic carbocycles. The first-order chi connectivity index (χ1) is 12.2. The molecule has 0 atom stereocenters. The second kappa shape index (κ2) is 5.62. The summed E-state index contributed by atoms with van der Waals surface area (Å²) in [6.07, 6.45) is 0. The van der Waals surface area contributed by atoms with Gasteiger partial charge < -0.3 is 11.5 Å². The zero-order valence-corrected chi connectivity index (χ0v) is 13.1. The van der Waals surface area contributed by atoms with Gasteiger partial charge in [-0.25, -0.2) is 4.98 Å². The fourth-order valence-electron chi connectivity index (χ4n) is 2.74. The summed E-state index contributed by atoms with van der Waals surface area (Å²) in [4.78, 5) is 4.48. The predicted molar refractivity (Wildman–Crippen MR) is 96.9 cm³/mol. The lowest BCUT2D eigenvalue weighted by Gasteiger charge is -2.09. The summed E-state index contributed by atoms with van der Waals surface area (Å²) in [5.41, 5.74) is 15.7. The second-order valence-electron chi connectivity index (χ2n) is 5.43. The Bertz CT molecular complexity index is 1170. The third-order valence-corrected chi connectivity index (χ3v) is 3.93. The summed E-state index contributed by atoms with van der Waals surface area (Å²) in [5, 5.41) is 17.9. The number of para-hydroxylation sites is 2. The van der Waals surface area contributed by atoms with E-state index in [1.165, 1.54) is 0 Å². The summed E-state index contributed by atoms with van der Waals surface area (Å²) in [6, 6.07) is 18.8. The van der Waals surface area contributed by atoms with Gasteiger partial charge in [0, 0.05) is 0 Å². The van der Waals surface area contributed by atoms with E-state index in [1.807, 2.05) is 54.6 Å². The van der Waals surface area contributed by atoms with Crippen molar-refractivity contribution in [2.75, 3.05) is 11.5 Å². The highest BCUT2D eigenvalue weighted by atomic mass is 15.2. The van der Waals surface area contributed by atoms with Crippen LogP contribution >= 0.6 is 0 Å². The molecule has 4 rings (SSSR count). The van der Waals surface area contributed by atoms with Crippen molar-refractivity contribution in [1.29, 1.82) is 5.26 Å². The maximum absolute atomic E-state index is 9.55. The van der Waals surface area contributed by atoms with E-state index in [2.05, 4.69) is 21.3 Å². The first-order valence-corrected chi connectivity index (χ1v) is 7.55. The normalized spacial score (nSPS) is 11.3. The minimum Gasteiger partial charge on any atom is -0.396 e. The zero-order chi connectivity index (χ0) is 17.4. The lowest BCUT2D eigenvalue weighted by molar-refractivity contribution is 1.17. The maximum atomic E-state index is 9.55. The Balaban J connectivity index is 2.03. The van der Waals surface area contributed by atoms with Crippen molar-refractivity contribution >= 4 is 39.6 Å². The predicted octanol–water partition coefficient (Wildman–Crippen LogP) is 3.94. The Morgan fingerprint density at radius 3 is 2.44 bits per heavy atom. The van der Waals surface area contributed by atoms with Crippen molar-refractivity contribution in [3.8, 4) is 6.07 Å². The van der Waals surface area contributed by atoms with E-state index in [4.69, 9.17) is 11.5 Å². The lowest BCUT2D eigenvalue weighted by atomic mass is 10.2. The number of imidazole rings is 1. The second-order valence-corrected chi connectivity index (χ2v) is 5.43. The van der Waals surface area contributed by atoms with E-state index in [9.17, 15) is 5.26 Å². The van der Waals surface area contributed by atoms with Crippen LogP contribution in [0.3, 0.4) is 0 Å². The quantitative estimate of drug-likeness (QED) is 0.542. The third-order valence-electron chi connectivity index (χ3n) is 3.93. The lowest BCUT2D eigenvalue weighted by Crippen LogP contribution is -2.03. The molecule has 4 aromatic rings. The fraction of sp³-hybridized carbons (Fsp3) is 0. The smallest absolute Gasteiger partial charge is 0.159 e. The van der Waals surface area contributed by atoms with Crippen LogP contribution in [0.2, 0.25) is 0 Å². The maximum Gasteiger partial charge on any atom is 0.159 e. The van der Waals surface area contributed by atoms with Crippen LogP contribution in [-0.4, -0.2) is 9.38 Å². The van der Waals surface area contributed by atoms with Crippen molar-refractivity contribution in [2.45, 2.75) is 0 Å². The molecule has 0 saturated heterocycles. The van der Waals surface area contributed by atoms with Crippen molar-refractivity contribution in [3.63, 3.8) is 0 Å². The summed E-state index contributed by atoms with van der Waals surface area (Å²) in [5.74, 6) is 0.292. The minimum absolute atomic E-state index is 0.169. The highest BCUT2D eigenvalue weighted by Crippen LogP contribution is 2.37. The highest BCUT2D eigenvalue weighted by molar-refractivity contribution is 5.92. The summed E-state index contributed by atoms with van der Waals surface area (Å²) < 4.78 is 1.68. The molecule has 0 bridgehead atoms. The summed E-state index contributed by atoms with van der Waals surface area (Å²) >= 11 is 0. The van der Waals surface area contributed by atoms with E-state index in [-0.39, 0.29) is 16.9 Å². The SMILES string of the molecule is N#Cc1c(N)c(N=Nc2ccccc2)c(N)n2c1nc1ccccc12. The number of fused-ring (bicyclic) bond motifs is 3. The molecule has 0 fully saturated rings. The number of aromatic nitrogens is 2. The molecule has 7 nitrogen and oxygen atoms in total. The van der Waals surface area contributed by atoms with Crippen LogP contribution in [-0.2, 0) is 0 Å². The average Bonchev–Trinajstić information content (AvgIpc) is 3.02. The number of hydrogen-bond donors (Lipinski definition) is 2. The van der Waals surface area contributed by atoms with Gasteiger partial charge in [0.1, 0.15) is 17.5 Å². The molecule has 0 aliphatic rings. The summed E-state index contributed by atoms with van der Waals surface area (Å²) in [7, 11) is 0. The topological polar surface area (TPSA) is 118 Å². The first kappa shape index (κ1) is 14.7. The van der Waals surface area contributed by atoms with E-state index in [0.717, 1.165) is 11.0 Å². The van der Waals surface area contributed by atoms with Crippen LogP contribution in [0.4, 0.5) is 22.9 Å². The van der Waals surface area contributed by atoms with Crippen LogP contribution in [0.15, 0.2) is 64.8 Å². The van der Waals surface area contributed by atoms with Crippen molar-refractivity contribution < 1.29 is 0 Å². The fourth-order valence-corrected chi connectivity index (χ4v) is 2.74. The van der Waals surface area contributed by atoms with E-state index in [1.54, 1.807) is 4.40 Å². The molecule has 0 saturated carbocycles. The van der Waals surface area contributed by atoms with E-state index >= 15 is 0 Å². The van der Waals surface area contributed by atoms with Crippen LogP contribution < -0.4 is 11.5 Å². The van der Waals surface area contributed by atoms with Gasteiger partial charge in [0.2, 0.25) is 0 Å². The number of nitriles is 1. The van der Waals surface area contributed by atoms with Crippen LogP contribution in [0.1, 0.15) is 5.56 Å². The van der Waals surface area contributed by atoms with Gasteiger partial charge >= 0.3 is 0 Å². The molecule has 2 aromatic heterocycles. The van der Waals surface area contributed by atoms with Gasteiger partial charge in [0.05, 0.1) is 22.4 Å². The monoisotopic (exact) mass is 327 g/mol. The molecular formula is C18H13N7. The number of hydrogen-bond acceptors (Lipinski definition) is 6. The standard InChI is InChI=1S/C18H13N7/c19-10-12-15(20)16(24-23-11-6-2-1-3-7-11)17(21)25-14-9-5-4-8-13(14)22-18(12)25/h1-9H,20-21H2. The number of anilines is 2. The van der Waals surface area contributed by atoms with Gasteiger partial charge in [-0.1, -0.05) is 30.3 Å². The number of benzene rings is 2. The molecule has 0 radical (unpaired) electrons.